The zero-order valence-electron chi connectivity index (χ0n) is 22.2. The zero-order valence-corrected chi connectivity index (χ0v) is 23.7. The SMILES string of the molecule is CCN(CCOC)CC1=CC([C@]23CC[C@@H](N(CCCN)c4nc5cc(Cl)c(Cl)cc5[nH]4)CC2C3)CC=C1. The standard InChI is InChI=1S/C29H41Cl2N5O/c1-3-35(12-13-37-2)19-20-6-4-7-21(14-20)29-9-8-23(15-22(29)18-29)36(11-5-10-32)28-33-26-16-24(30)25(31)17-27(26)34-28/h4,6,14,16-17,21-23H,3,5,7-13,15,18-19,32H2,1-2H3,(H,33,34)/t21?,22?,23-,29-/m1/s1. The van der Waals surface area contributed by atoms with E-state index in [9.17, 15) is 0 Å². The fraction of sp³-hybridized carbons (Fsp3) is 0.621. The molecule has 0 aliphatic heterocycles. The van der Waals surface area contributed by atoms with Crippen molar-refractivity contribution in [3.8, 4) is 0 Å². The summed E-state index contributed by atoms with van der Waals surface area (Å²) in [4.78, 5) is 13.4. The molecule has 2 saturated carbocycles. The normalized spacial score (nSPS) is 27.0. The first-order chi connectivity index (χ1) is 18.0. The van der Waals surface area contributed by atoms with E-state index in [-0.39, 0.29) is 0 Å². The average molecular weight is 547 g/mol. The molecule has 0 saturated heterocycles. The number of aromatic nitrogens is 2. The number of H-pyrrole nitrogens is 1. The van der Waals surface area contributed by atoms with Crippen LogP contribution in [0.25, 0.3) is 11.0 Å². The van der Waals surface area contributed by atoms with Crippen LogP contribution >= 0.6 is 23.2 Å². The van der Waals surface area contributed by atoms with Gasteiger partial charge in [-0.05, 0) is 86.6 Å². The number of nitrogens with zero attached hydrogens (tertiary/aromatic N) is 3. The summed E-state index contributed by atoms with van der Waals surface area (Å²) in [6, 6.07) is 4.20. The molecule has 2 fully saturated rings. The van der Waals surface area contributed by atoms with Gasteiger partial charge in [-0.2, -0.15) is 0 Å². The summed E-state index contributed by atoms with van der Waals surface area (Å²) in [5, 5.41) is 1.09. The molecule has 0 amide bonds. The van der Waals surface area contributed by atoms with E-state index in [4.69, 9.17) is 38.7 Å². The van der Waals surface area contributed by atoms with Crippen molar-refractivity contribution in [2.45, 2.75) is 51.5 Å². The molecule has 1 aromatic heterocycles. The Labute approximate surface area is 231 Å². The second kappa shape index (κ2) is 11.7. The van der Waals surface area contributed by atoms with Crippen LogP contribution in [-0.4, -0.2) is 67.4 Å². The van der Waals surface area contributed by atoms with Gasteiger partial charge < -0.3 is 20.4 Å². The number of imidazole rings is 1. The molecule has 3 N–H and O–H groups in total. The van der Waals surface area contributed by atoms with Crippen molar-refractivity contribution in [1.82, 2.24) is 14.9 Å². The molecule has 8 heteroatoms. The molecule has 0 radical (unpaired) electrons. The van der Waals surface area contributed by atoms with Crippen LogP contribution in [-0.2, 0) is 4.74 Å². The molecular formula is C29H41Cl2N5O. The van der Waals surface area contributed by atoms with E-state index in [1.807, 2.05) is 12.1 Å². The quantitative estimate of drug-likeness (QED) is 0.339. The minimum absolute atomic E-state index is 0.477. The molecule has 37 heavy (non-hydrogen) atoms. The van der Waals surface area contributed by atoms with Gasteiger partial charge in [0.15, 0.2) is 0 Å². The summed E-state index contributed by atoms with van der Waals surface area (Å²) in [6.45, 7) is 7.66. The summed E-state index contributed by atoms with van der Waals surface area (Å²) in [7, 11) is 1.78. The Morgan fingerprint density at radius 2 is 2.08 bits per heavy atom. The molecule has 3 aliphatic carbocycles. The second-order valence-electron chi connectivity index (χ2n) is 11.1. The minimum Gasteiger partial charge on any atom is -0.383 e. The van der Waals surface area contributed by atoms with Crippen molar-refractivity contribution >= 4 is 40.2 Å². The zero-order chi connectivity index (χ0) is 26.0. The molecular weight excluding hydrogens is 505 g/mol. The number of allylic oxidation sites excluding steroid dienone is 2. The number of methoxy groups -OCH3 is 1. The van der Waals surface area contributed by atoms with Gasteiger partial charge in [-0.25, -0.2) is 4.98 Å². The summed E-state index contributed by atoms with van der Waals surface area (Å²) in [5.74, 6) is 2.36. The molecule has 0 bridgehead atoms. The molecule has 2 unspecified atom stereocenters. The number of hydrogen-bond acceptors (Lipinski definition) is 5. The van der Waals surface area contributed by atoms with Crippen molar-refractivity contribution in [3.05, 3.63) is 46.0 Å². The average Bonchev–Trinajstić information content (AvgIpc) is 3.52. The van der Waals surface area contributed by atoms with Gasteiger partial charge in [0.1, 0.15) is 0 Å². The number of nitrogens with one attached hydrogen (secondary N) is 1. The van der Waals surface area contributed by atoms with E-state index in [0.29, 0.717) is 34.0 Å². The highest BCUT2D eigenvalue weighted by molar-refractivity contribution is 6.42. The van der Waals surface area contributed by atoms with Crippen molar-refractivity contribution in [2.24, 2.45) is 23.0 Å². The topological polar surface area (TPSA) is 70.4 Å². The maximum absolute atomic E-state index is 6.26. The van der Waals surface area contributed by atoms with Crippen LogP contribution in [0.4, 0.5) is 5.95 Å². The maximum Gasteiger partial charge on any atom is 0.204 e. The highest BCUT2D eigenvalue weighted by atomic mass is 35.5. The second-order valence-corrected chi connectivity index (χ2v) is 11.9. The van der Waals surface area contributed by atoms with E-state index in [2.05, 4.69) is 39.9 Å². The Morgan fingerprint density at radius 1 is 1.24 bits per heavy atom. The molecule has 202 valence electrons. The first-order valence-corrected chi connectivity index (χ1v) is 14.6. The smallest absolute Gasteiger partial charge is 0.204 e. The van der Waals surface area contributed by atoms with Crippen LogP contribution in [0.2, 0.25) is 10.0 Å². The number of likely N-dealkylation sites (N-methyl/N-ethyl adjacent to an activating group) is 1. The number of anilines is 1. The monoisotopic (exact) mass is 545 g/mol. The van der Waals surface area contributed by atoms with Gasteiger partial charge in [0.2, 0.25) is 5.95 Å². The Balaban J connectivity index is 1.28. The fourth-order valence-electron chi connectivity index (χ4n) is 6.76. The Morgan fingerprint density at radius 3 is 2.84 bits per heavy atom. The predicted octanol–water partition coefficient (Wildman–Crippen LogP) is 6.05. The first-order valence-electron chi connectivity index (χ1n) is 13.9. The number of hydrogen-bond donors (Lipinski definition) is 2. The Kier molecular flexibility index (Phi) is 8.52. The van der Waals surface area contributed by atoms with Gasteiger partial charge in [0, 0.05) is 32.8 Å². The molecule has 5 rings (SSSR count). The molecule has 2 aromatic rings. The van der Waals surface area contributed by atoms with E-state index >= 15 is 0 Å². The van der Waals surface area contributed by atoms with Gasteiger partial charge in [-0.3, -0.25) is 4.90 Å². The van der Waals surface area contributed by atoms with Crippen molar-refractivity contribution in [3.63, 3.8) is 0 Å². The highest BCUT2D eigenvalue weighted by Crippen LogP contribution is 2.67. The highest BCUT2D eigenvalue weighted by Gasteiger charge is 2.60. The maximum atomic E-state index is 6.26. The lowest BCUT2D eigenvalue weighted by Crippen LogP contribution is -2.41. The van der Waals surface area contributed by atoms with Crippen LogP contribution in [0, 0.1) is 17.3 Å². The summed E-state index contributed by atoms with van der Waals surface area (Å²) >= 11 is 12.5. The first kappa shape index (κ1) is 27.0. The van der Waals surface area contributed by atoms with E-state index < -0.39 is 0 Å². The van der Waals surface area contributed by atoms with E-state index in [1.165, 1.54) is 37.7 Å². The molecule has 6 nitrogen and oxygen atoms in total. The predicted molar refractivity (Wildman–Crippen MR) is 155 cm³/mol. The van der Waals surface area contributed by atoms with Gasteiger partial charge in [-0.15, -0.1) is 0 Å². The summed E-state index contributed by atoms with van der Waals surface area (Å²) in [6.07, 6.45) is 14.5. The van der Waals surface area contributed by atoms with E-state index in [1.54, 1.807) is 7.11 Å². The van der Waals surface area contributed by atoms with Crippen LogP contribution < -0.4 is 10.6 Å². The van der Waals surface area contributed by atoms with Crippen LogP contribution in [0.5, 0.6) is 0 Å². The summed E-state index contributed by atoms with van der Waals surface area (Å²) in [5.41, 5.74) is 9.66. The number of ether oxygens (including phenoxy) is 1. The molecule has 1 aromatic carbocycles. The Hall–Kier alpha value is -1.57. The lowest BCUT2D eigenvalue weighted by Gasteiger charge is -2.39. The molecule has 4 atom stereocenters. The minimum atomic E-state index is 0.477. The van der Waals surface area contributed by atoms with E-state index in [0.717, 1.165) is 62.1 Å². The number of benzene rings is 1. The number of fused-ring (bicyclic) bond motifs is 2. The fourth-order valence-corrected chi connectivity index (χ4v) is 7.08. The largest absolute Gasteiger partial charge is 0.383 e. The van der Waals surface area contributed by atoms with Crippen LogP contribution in [0.1, 0.15) is 45.4 Å². The van der Waals surface area contributed by atoms with Crippen LogP contribution in [0.15, 0.2) is 35.9 Å². The van der Waals surface area contributed by atoms with Crippen LogP contribution in [0.3, 0.4) is 0 Å². The third kappa shape index (κ3) is 5.74. The van der Waals surface area contributed by atoms with Gasteiger partial charge in [-0.1, -0.05) is 48.4 Å². The lowest BCUT2D eigenvalue weighted by atomic mass is 9.73. The van der Waals surface area contributed by atoms with Gasteiger partial charge >= 0.3 is 0 Å². The van der Waals surface area contributed by atoms with Gasteiger partial charge in [0.25, 0.3) is 0 Å². The summed E-state index contributed by atoms with van der Waals surface area (Å²) < 4.78 is 5.31. The number of aromatic amines is 1. The van der Waals surface area contributed by atoms with Crippen molar-refractivity contribution in [2.75, 3.05) is 51.3 Å². The van der Waals surface area contributed by atoms with Crippen molar-refractivity contribution < 1.29 is 4.74 Å². The number of halogens is 2. The third-order valence-electron chi connectivity index (χ3n) is 8.95. The number of rotatable bonds is 12. The Bertz CT molecular complexity index is 1110. The molecule has 0 spiro atoms. The molecule has 3 aliphatic rings. The van der Waals surface area contributed by atoms with Crippen molar-refractivity contribution in [1.29, 1.82) is 0 Å². The van der Waals surface area contributed by atoms with Gasteiger partial charge in [0.05, 0.1) is 27.7 Å². The molecule has 1 heterocycles. The third-order valence-corrected chi connectivity index (χ3v) is 9.67. The lowest BCUT2D eigenvalue weighted by molar-refractivity contribution is 0.156. The number of nitrogens with two attached hydrogens (primary N) is 1.